The lowest BCUT2D eigenvalue weighted by atomic mass is 10.1. The molecular weight excluding hydrogens is 298 g/mol. The molecule has 1 heterocycles. The fourth-order valence-corrected chi connectivity index (χ4v) is 2.43. The van der Waals surface area contributed by atoms with E-state index in [1.807, 2.05) is 6.92 Å². The van der Waals surface area contributed by atoms with Crippen LogP contribution in [0.1, 0.15) is 21.5 Å². The monoisotopic (exact) mass is 311 g/mol. The highest BCUT2D eigenvalue weighted by Crippen LogP contribution is 2.39. The number of methoxy groups -OCH3 is 1. The van der Waals surface area contributed by atoms with Crippen LogP contribution in [0.25, 0.3) is 6.08 Å². The van der Waals surface area contributed by atoms with E-state index in [9.17, 15) is 14.9 Å². The normalized spacial score (nSPS) is 14.5. The number of ketones is 1. The fraction of sp³-hybridized carbons (Fsp3) is 0.118. The molecule has 0 atom stereocenters. The minimum absolute atomic E-state index is 0.00492. The Bertz CT molecular complexity index is 837. The van der Waals surface area contributed by atoms with E-state index in [4.69, 9.17) is 9.47 Å². The largest absolute Gasteiger partial charge is 0.496 e. The number of nitro benzene ring substituents is 1. The number of benzene rings is 2. The molecular formula is C17H13NO5. The van der Waals surface area contributed by atoms with Gasteiger partial charge in [0.2, 0.25) is 5.78 Å². The molecule has 0 saturated carbocycles. The average Bonchev–Trinajstić information content (AvgIpc) is 2.86. The number of nitro groups is 1. The molecule has 0 fully saturated rings. The summed E-state index contributed by atoms with van der Waals surface area (Å²) in [6.07, 6.45) is 1.57. The lowest BCUT2D eigenvalue weighted by Crippen LogP contribution is -1.98. The highest BCUT2D eigenvalue weighted by atomic mass is 16.6. The number of hydrogen-bond acceptors (Lipinski definition) is 5. The van der Waals surface area contributed by atoms with E-state index in [-0.39, 0.29) is 17.2 Å². The highest BCUT2D eigenvalue weighted by Gasteiger charge is 2.30. The van der Waals surface area contributed by atoms with E-state index in [2.05, 4.69) is 0 Å². The van der Waals surface area contributed by atoms with Gasteiger partial charge in [-0.15, -0.1) is 0 Å². The number of allylic oxidation sites excluding steroid dienone is 1. The van der Waals surface area contributed by atoms with Crippen molar-refractivity contribution in [2.75, 3.05) is 7.11 Å². The van der Waals surface area contributed by atoms with Gasteiger partial charge in [0, 0.05) is 17.7 Å². The summed E-state index contributed by atoms with van der Waals surface area (Å²) in [6.45, 7) is 1.82. The number of carbonyl (C=O) groups excluding carboxylic acids is 1. The minimum Gasteiger partial charge on any atom is -0.496 e. The minimum atomic E-state index is -0.473. The molecule has 0 unspecified atom stereocenters. The first-order chi connectivity index (χ1) is 11.0. The van der Waals surface area contributed by atoms with Gasteiger partial charge in [-0.2, -0.15) is 0 Å². The van der Waals surface area contributed by atoms with Gasteiger partial charge in [-0.3, -0.25) is 14.9 Å². The quantitative estimate of drug-likeness (QED) is 0.492. The van der Waals surface area contributed by atoms with Crippen molar-refractivity contribution in [1.82, 2.24) is 0 Å². The number of Topliss-reactive ketones (excluding diaryl/α,β-unsaturated/α-hetero) is 1. The van der Waals surface area contributed by atoms with Gasteiger partial charge < -0.3 is 9.47 Å². The molecule has 0 bridgehead atoms. The zero-order valence-electron chi connectivity index (χ0n) is 12.5. The van der Waals surface area contributed by atoms with Crippen molar-refractivity contribution in [3.05, 3.63) is 69.0 Å². The molecule has 0 saturated heterocycles. The lowest BCUT2D eigenvalue weighted by molar-refractivity contribution is -0.384. The number of hydrogen-bond donors (Lipinski definition) is 0. The Morgan fingerprint density at radius 2 is 1.87 bits per heavy atom. The van der Waals surface area contributed by atoms with Gasteiger partial charge in [0.1, 0.15) is 11.5 Å². The Labute approximate surface area is 132 Å². The van der Waals surface area contributed by atoms with Crippen LogP contribution in [0.5, 0.6) is 11.5 Å². The van der Waals surface area contributed by atoms with E-state index in [0.717, 1.165) is 5.56 Å². The van der Waals surface area contributed by atoms with Crippen LogP contribution in [0, 0.1) is 17.0 Å². The number of nitrogens with zero attached hydrogens (tertiary/aromatic N) is 1. The van der Waals surface area contributed by atoms with Gasteiger partial charge in [-0.05, 0) is 42.8 Å². The summed E-state index contributed by atoms with van der Waals surface area (Å²) >= 11 is 0. The predicted octanol–water partition coefficient (Wildman–Crippen LogP) is 3.53. The first-order valence-electron chi connectivity index (χ1n) is 6.87. The standard InChI is InChI=1S/C17H13NO5/c1-10-14(22-2)8-7-13-16(19)15(23-17(10)13)9-11-3-5-12(6-4-11)18(20)21/h3-9H,1-2H3/b15-9-. The molecule has 2 aromatic rings. The van der Waals surface area contributed by atoms with Crippen LogP contribution in [0.4, 0.5) is 5.69 Å². The Balaban J connectivity index is 1.95. The summed E-state index contributed by atoms with van der Waals surface area (Å²) in [6, 6.07) is 9.29. The van der Waals surface area contributed by atoms with E-state index >= 15 is 0 Å². The van der Waals surface area contributed by atoms with E-state index in [1.165, 1.54) is 12.1 Å². The van der Waals surface area contributed by atoms with Gasteiger partial charge in [0.15, 0.2) is 5.76 Å². The fourth-order valence-electron chi connectivity index (χ4n) is 2.43. The second kappa shape index (κ2) is 5.57. The molecule has 0 spiro atoms. The predicted molar refractivity (Wildman–Crippen MR) is 83.8 cm³/mol. The Kier molecular flexibility index (Phi) is 3.57. The van der Waals surface area contributed by atoms with Crippen molar-refractivity contribution >= 4 is 17.5 Å². The molecule has 3 rings (SSSR count). The smallest absolute Gasteiger partial charge is 0.269 e. The number of non-ortho nitro benzene ring substituents is 1. The van der Waals surface area contributed by atoms with E-state index in [1.54, 1.807) is 37.5 Å². The molecule has 0 radical (unpaired) electrons. The second-order valence-electron chi connectivity index (χ2n) is 5.06. The maximum atomic E-state index is 12.4. The summed E-state index contributed by atoms with van der Waals surface area (Å²) in [5, 5.41) is 10.7. The Morgan fingerprint density at radius 1 is 1.17 bits per heavy atom. The van der Waals surface area contributed by atoms with Gasteiger partial charge in [0.05, 0.1) is 17.6 Å². The third-order valence-electron chi connectivity index (χ3n) is 3.66. The van der Waals surface area contributed by atoms with Crippen molar-refractivity contribution in [3.63, 3.8) is 0 Å². The van der Waals surface area contributed by atoms with E-state index in [0.29, 0.717) is 22.6 Å². The van der Waals surface area contributed by atoms with Gasteiger partial charge in [-0.1, -0.05) is 0 Å². The van der Waals surface area contributed by atoms with Crippen molar-refractivity contribution in [3.8, 4) is 11.5 Å². The molecule has 6 nitrogen and oxygen atoms in total. The summed E-state index contributed by atoms with van der Waals surface area (Å²) in [7, 11) is 1.55. The molecule has 1 aliphatic heterocycles. The summed E-state index contributed by atoms with van der Waals surface area (Å²) in [5.74, 6) is 1.10. The van der Waals surface area contributed by atoms with Crippen molar-refractivity contribution in [2.24, 2.45) is 0 Å². The van der Waals surface area contributed by atoms with E-state index < -0.39 is 4.92 Å². The molecule has 23 heavy (non-hydrogen) atoms. The zero-order chi connectivity index (χ0) is 16.6. The Hall–Kier alpha value is -3.15. The Morgan fingerprint density at radius 3 is 2.48 bits per heavy atom. The third-order valence-corrected chi connectivity index (χ3v) is 3.66. The number of ether oxygens (including phenoxy) is 2. The molecule has 116 valence electrons. The van der Waals surface area contributed by atoms with Crippen LogP contribution in [-0.2, 0) is 0 Å². The molecule has 0 amide bonds. The third kappa shape index (κ3) is 2.55. The first kappa shape index (κ1) is 14.8. The van der Waals surface area contributed by atoms with Gasteiger partial charge in [0.25, 0.3) is 5.69 Å². The lowest BCUT2D eigenvalue weighted by Gasteiger charge is -2.07. The maximum absolute atomic E-state index is 12.4. The average molecular weight is 311 g/mol. The van der Waals surface area contributed by atoms with Crippen LogP contribution < -0.4 is 9.47 Å². The SMILES string of the molecule is COc1ccc2c(c1C)O/C(=C\c1ccc([N+](=O)[O-])cc1)C2=O. The van der Waals surface area contributed by atoms with Crippen molar-refractivity contribution in [2.45, 2.75) is 6.92 Å². The number of fused-ring (bicyclic) bond motifs is 1. The van der Waals surface area contributed by atoms with Crippen LogP contribution in [0.2, 0.25) is 0 Å². The van der Waals surface area contributed by atoms with Crippen LogP contribution in [-0.4, -0.2) is 17.8 Å². The van der Waals surface area contributed by atoms with Crippen LogP contribution in [0.3, 0.4) is 0 Å². The number of carbonyl (C=O) groups is 1. The maximum Gasteiger partial charge on any atom is 0.269 e. The number of rotatable bonds is 3. The summed E-state index contributed by atoms with van der Waals surface area (Å²) in [4.78, 5) is 22.6. The second-order valence-corrected chi connectivity index (χ2v) is 5.06. The first-order valence-corrected chi connectivity index (χ1v) is 6.87. The molecule has 0 aliphatic carbocycles. The topological polar surface area (TPSA) is 78.7 Å². The van der Waals surface area contributed by atoms with Gasteiger partial charge >= 0.3 is 0 Å². The molecule has 0 N–H and O–H groups in total. The van der Waals surface area contributed by atoms with Crippen LogP contribution >= 0.6 is 0 Å². The van der Waals surface area contributed by atoms with Gasteiger partial charge in [-0.25, -0.2) is 0 Å². The summed E-state index contributed by atoms with van der Waals surface area (Å²) < 4.78 is 10.9. The zero-order valence-corrected chi connectivity index (χ0v) is 12.5. The molecule has 2 aromatic carbocycles. The van der Waals surface area contributed by atoms with Crippen molar-refractivity contribution < 1.29 is 19.2 Å². The molecule has 1 aliphatic rings. The van der Waals surface area contributed by atoms with Crippen LogP contribution in [0.15, 0.2) is 42.2 Å². The molecule has 6 heteroatoms. The highest BCUT2D eigenvalue weighted by molar-refractivity contribution is 6.14. The van der Waals surface area contributed by atoms with Crippen molar-refractivity contribution in [1.29, 1.82) is 0 Å². The molecule has 0 aromatic heterocycles. The summed E-state index contributed by atoms with van der Waals surface area (Å²) in [5.41, 5.74) is 1.88.